The molecule has 0 unspecified atom stereocenters. The number of fused-ring (bicyclic) bond motifs is 1. The molecule has 2 aromatic rings. The van der Waals surface area contributed by atoms with E-state index in [1.807, 2.05) is 19.1 Å². The van der Waals surface area contributed by atoms with E-state index >= 15 is 0 Å². The van der Waals surface area contributed by atoms with Crippen molar-refractivity contribution in [3.05, 3.63) is 63.4 Å². The summed E-state index contributed by atoms with van der Waals surface area (Å²) in [6.07, 6.45) is 0.772. The molecule has 0 aromatic heterocycles. The van der Waals surface area contributed by atoms with E-state index in [1.54, 1.807) is 17.0 Å². The van der Waals surface area contributed by atoms with Crippen molar-refractivity contribution in [3.8, 4) is 0 Å². The van der Waals surface area contributed by atoms with Crippen LogP contribution in [0.1, 0.15) is 21.5 Å². The first kappa shape index (κ1) is 13.3. The Morgan fingerprint density at radius 1 is 1.25 bits per heavy atom. The van der Waals surface area contributed by atoms with Crippen LogP contribution in [0, 0.1) is 12.7 Å². The van der Waals surface area contributed by atoms with Gasteiger partial charge in [0.2, 0.25) is 0 Å². The van der Waals surface area contributed by atoms with Crippen LogP contribution < -0.4 is 4.90 Å². The van der Waals surface area contributed by atoms with Crippen molar-refractivity contribution >= 4 is 27.5 Å². The third-order valence-corrected chi connectivity index (χ3v) is 4.46. The molecular weight excluding hydrogens is 321 g/mol. The molecular formula is C16H13BrFNO. The molecule has 0 saturated heterocycles. The van der Waals surface area contributed by atoms with Crippen molar-refractivity contribution in [1.29, 1.82) is 0 Å². The molecule has 4 heteroatoms. The lowest BCUT2D eigenvalue weighted by atomic mass is 10.1. The van der Waals surface area contributed by atoms with Crippen LogP contribution in [0.4, 0.5) is 10.1 Å². The molecule has 102 valence electrons. The quantitative estimate of drug-likeness (QED) is 0.769. The molecule has 2 aromatic carbocycles. The predicted octanol–water partition coefficient (Wildman–Crippen LogP) is 4.10. The maximum atomic E-state index is 13.4. The lowest BCUT2D eigenvalue weighted by Crippen LogP contribution is -2.28. The highest BCUT2D eigenvalue weighted by Gasteiger charge is 2.26. The summed E-state index contributed by atoms with van der Waals surface area (Å²) in [5.41, 5.74) is 3.40. The van der Waals surface area contributed by atoms with Gasteiger partial charge in [-0.05, 0) is 48.7 Å². The highest BCUT2D eigenvalue weighted by Crippen LogP contribution is 2.30. The molecule has 0 fully saturated rings. The average molecular weight is 334 g/mol. The molecule has 0 atom stereocenters. The first-order chi connectivity index (χ1) is 9.56. The maximum Gasteiger partial charge on any atom is 0.258 e. The van der Waals surface area contributed by atoms with Crippen molar-refractivity contribution in [2.45, 2.75) is 13.3 Å². The molecule has 0 radical (unpaired) electrons. The van der Waals surface area contributed by atoms with Gasteiger partial charge >= 0.3 is 0 Å². The fourth-order valence-corrected chi connectivity index (χ4v) is 2.82. The number of carbonyl (C=O) groups excluding carboxylic acids is 1. The van der Waals surface area contributed by atoms with Crippen LogP contribution in [0.5, 0.6) is 0 Å². The largest absolute Gasteiger partial charge is 0.308 e. The molecule has 0 saturated carbocycles. The Morgan fingerprint density at radius 3 is 2.80 bits per heavy atom. The molecule has 3 rings (SSSR count). The topological polar surface area (TPSA) is 20.3 Å². The molecule has 1 aliphatic rings. The smallest absolute Gasteiger partial charge is 0.258 e. The number of nitrogens with zero attached hydrogens (tertiary/aromatic N) is 1. The Labute approximate surface area is 125 Å². The lowest BCUT2D eigenvalue weighted by molar-refractivity contribution is 0.0989. The zero-order valence-corrected chi connectivity index (χ0v) is 12.6. The second-order valence-electron chi connectivity index (χ2n) is 4.94. The van der Waals surface area contributed by atoms with Gasteiger partial charge in [-0.15, -0.1) is 0 Å². The number of anilines is 1. The SMILES string of the molecule is Cc1ccc(C(=O)N2CCc3ccc(F)cc32)cc1Br. The van der Waals surface area contributed by atoms with Crippen molar-refractivity contribution in [3.63, 3.8) is 0 Å². The molecule has 0 spiro atoms. The summed E-state index contributed by atoms with van der Waals surface area (Å²) in [6, 6.07) is 10.1. The minimum Gasteiger partial charge on any atom is -0.308 e. The van der Waals surface area contributed by atoms with E-state index in [-0.39, 0.29) is 11.7 Å². The Balaban J connectivity index is 1.97. The highest BCUT2D eigenvalue weighted by molar-refractivity contribution is 9.10. The first-order valence-electron chi connectivity index (χ1n) is 6.43. The first-order valence-corrected chi connectivity index (χ1v) is 7.22. The number of aryl methyl sites for hydroxylation is 1. The summed E-state index contributed by atoms with van der Waals surface area (Å²) < 4.78 is 14.3. The van der Waals surface area contributed by atoms with Gasteiger partial charge in [0.1, 0.15) is 5.82 Å². The summed E-state index contributed by atoms with van der Waals surface area (Å²) >= 11 is 3.44. The van der Waals surface area contributed by atoms with Gasteiger partial charge in [0.15, 0.2) is 0 Å². The van der Waals surface area contributed by atoms with E-state index in [0.29, 0.717) is 17.8 Å². The zero-order chi connectivity index (χ0) is 14.3. The third-order valence-electron chi connectivity index (χ3n) is 3.61. The Kier molecular flexibility index (Phi) is 3.34. The lowest BCUT2D eigenvalue weighted by Gasteiger charge is -2.18. The monoisotopic (exact) mass is 333 g/mol. The van der Waals surface area contributed by atoms with E-state index in [0.717, 1.165) is 22.0 Å². The molecule has 20 heavy (non-hydrogen) atoms. The molecule has 0 N–H and O–H groups in total. The van der Waals surface area contributed by atoms with Crippen LogP contribution in [0.25, 0.3) is 0 Å². The van der Waals surface area contributed by atoms with Crippen LogP contribution in [0.3, 0.4) is 0 Å². The van der Waals surface area contributed by atoms with Gasteiger partial charge < -0.3 is 4.90 Å². The molecule has 1 amide bonds. The van der Waals surface area contributed by atoms with Gasteiger partial charge in [-0.25, -0.2) is 4.39 Å². The standard InChI is InChI=1S/C16H13BrFNO/c1-10-2-3-12(8-14(10)17)16(20)19-7-6-11-4-5-13(18)9-15(11)19/h2-5,8-9H,6-7H2,1H3. The fourth-order valence-electron chi connectivity index (χ4n) is 2.45. The normalized spacial score (nSPS) is 13.4. The number of carbonyl (C=O) groups is 1. The predicted molar refractivity (Wildman–Crippen MR) is 80.7 cm³/mol. The van der Waals surface area contributed by atoms with Gasteiger partial charge in [0.25, 0.3) is 5.91 Å². The summed E-state index contributed by atoms with van der Waals surface area (Å²) in [5, 5.41) is 0. The van der Waals surface area contributed by atoms with Crippen molar-refractivity contribution < 1.29 is 9.18 Å². The number of hydrogen-bond acceptors (Lipinski definition) is 1. The zero-order valence-electron chi connectivity index (χ0n) is 11.0. The van der Waals surface area contributed by atoms with Gasteiger partial charge in [0.05, 0.1) is 5.69 Å². The highest BCUT2D eigenvalue weighted by atomic mass is 79.9. The Hall–Kier alpha value is -1.68. The number of benzene rings is 2. The Morgan fingerprint density at radius 2 is 2.05 bits per heavy atom. The number of hydrogen-bond donors (Lipinski definition) is 0. The third kappa shape index (κ3) is 2.24. The average Bonchev–Trinajstić information content (AvgIpc) is 2.84. The minimum atomic E-state index is -0.312. The van der Waals surface area contributed by atoms with Gasteiger partial charge in [0, 0.05) is 16.6 Å². The molecule has 0 aliphatic carbocycles. The molecule has 1 aliphatic heterocycles. The van der Waals surface area contributed by atoms with Gasteiger partial charge in [-0.1, -0.05) is 28.1 Å². The second kappa shape index (κ2) is 5.02. The number of rotatable bonds is 1. The van der Waals surface area contributed by atoms with Crippen LogP contribution in [-0.2, 0) is 6.42 Å². The van der Waals surface area contributed by atoms with E-state index in [1.165, 1.54) is 12.1 Å². The van der Waals surface area contributed by atoms with Crippen molar-refractivity contribution in [2.24, 2.45) is 0 Å². The summed E-state index contributed by atoms with van der Waals surface area (Å²) in [4.78, 5) is 14.2. The van der Waals surface area contributed by atoms with E-state index in [9.17, 15) is 9.18 Å². The van der Waals surface area contributed by atoms with Gasteiger partial charge in [-0.3, -0.25) is 4.79 Å². The maximum absolute atomic E-state index is 13.4. The minimum absolute atomic E-state index is 0.0879. The Bertz CT molecular complexity index is 699. The van der Waals surface area contributed by atoms with E-state index in [4.69, 9.17) is 0 Å². The number of halogens is 2. The van der Waals surface area contributed by atoms with E-state index < -0.39 is 0 Å². The molecule has 1 heterocycles. The van der Waals surface area contributed by atoms with E-state index in [2.05, 4.69) is 15.9 Å². The van der Waals surface area contributed by atoms with Gasteiger partial charge in [-0.2, -0.15) is 0 Å². The summed E-state index contributed by atoms with van der Waals surface area (Å²) in [5.74, 6) is -0.399. The van der Waals surface area contributed by atoms with Crippen LogP contribution >= 0.6 is 15.9 Å². The van der Waals surface area contributed by atoms with Crippen LogP contribution in [-0.4, -0.2) is 12.5 Å². The summed E-state index contributed by atoms with van der Waals surface area (Å²) in [7, 11) is 0. The van der Waals surface area contributed by atoms with Crippen LogP contribution in [0.2, 0.25) is 0 Å². The van der Waals surface area contributed by atoms with Crippen molar-refractivity contribution in [1.82, 2.24) is 0 Å². The fraction of sp³-hybridized carbons (Fsp3) is 0.188. The number of amides is 1. The van der Waals surface area contributed by atoms with Crippen LogP contribution in [0.15, 0.2) is 40.9 Å². The molecule has 2 nitrogen and oxygen atoms in total. The summed E-state index contributed by atoms with van der Waals surface area (Å²) in [6.45, 7) is 2.57. The second-order valence-corrected chi connectivity index (χ2v) is 5.80. The molecule has 0 bridgehead atoms. The van der Waals surface area contributed by atoms with Crippen molar-refractivity contribution in [2.75, 3.05) is 11.4 Å².